The summed E-state index contributed by atoms with van der Waals surface area (Å²) in [6.45, 7) is 7.85. The average Bonchev–Trinajstić information content (AvgIpc) is 3.19. The Bertz CT molecular complexity index is 1180. The van der Waals surface area contributed by atoms with E-state index in [1.165, 1.54) is 23.1 Å². The number of aromatic nitrogens is 1. The lowest BCUT2D eigenvalue weighted by atomic mass is 10.1. The molecule has 0 aliphatic heterocycles. The third kappa shape index (κ3) is 4.78. The molecule has 1 aromatic heterocycles. The largest absolute Gasteiger partial charge is 0.316 e. The van der Waals surface area contributed by atoms with Crippen LogP contribution in [0.3, 0.4) is 0 Å². The third-order valence-electron chi connectivity index (χ3n) is 4.91. The van der Waals surface area contributed by atoms with Gasteiger partial charge in [0.15, 0.2) is 11.0 Å². The van der Waals surface area contributed by atoms with Gasteiger partial charge < -0.3 is 4.57 Å². The lowest BCUT2D eigenvalue weighted by molar-refractivity contribution is 0.628. The van der Waals surface area contributed by atoms with Gasteiger partial charge in [-0.3, -0.25) is 4.31 Å². The highest BCUT2D eigenvalue weighted by Crippen LogP contribution is 2.26. The van der Waals surface area contributed by atoms with E-state index in [0.717, 1.165) is 17.6 Å². The summed E-state index contributed by atoms with van der Waals surface area (Å²) in [5.74, 6) is -0.313. The van der Waals surface area contributed by atoms with Gasteiger partial charge in [-0.05, 0) is 66.6 Å². The van der Waals surface area contributed by atoms with E-state index in [9.17, 15) is 8.60 Å². The molecule has 0 aliphatic rings. The van der Waals surface area contributed by atoms with Crippen LogP contribution >= 0.6 is 0 Å². The van der Waals surface area contributed by atoms with Crippen molar-refractivity contribution in [3.63, 3.8) is 0 Å². The maximum absolute atomic E-state index is 13.1. The number of rotatable bonds is 6. The van der Waals surface area contributed by atoms with Gasteiger partial charge in [-0.15, -0.1) is 6.58 Å². The van der Waals surface area contributed by atoms with E-state index in [2.05, 4.69) is 29.5 Å². The molecule has 1 atom stereocenters. The van der Waals surface area contributed by atoms with Crippen LogP contribution < -0.4 is 4.31 Å². The van der Waals surface area contributed by atoms with Gasteiger partial charge in [-0.25, -0.2) is 8.60 Å². The molecule has 0 N–H and O–H groups in total. The summed E-state index contributed by atoms with van der Waals surface area (Å²) >= 11 is 0. The number of hydrogen-bond donors (Lipinski definition) is 0. The number of benzene rings is 3. The topological polar surface area (TPSA) is 25.2 Å². The first-order valence-corrected chi connectivity index (χ1v) is 11.4. The van der Waals surface area contributed by atoms with E-state index < -0.39 is 11.0 Å². The van der Waals surface area contributed by atoms with Crippen LogP contribution in [0.1, 0.15) is 19.4 Å². The van der Waals surface area contributed by atoms with Crippen LogP contribution in [0.15, 0.2) is 96.5 Å². The predicted octanol–water partition coefficient (Wildman–Crippen LogP) is 6.68. The first-order valence-electron chi connectivity index (χ1n) is 10.3. The highest BCUT2D eigenvalue weighted by molar-refractivity contribution is 7.86. The van der Waals surface area contributed by atoms with Gasteiger partial charge in [0.05, 0.1) is 10.4 Å². The van der Waals surface area contributed by atoms with Gasteiger partial charge in [0.1, 0.15) is 5.82 Å². The molecule has 0 amide bonds. The zero-order chi connectivity index (χ0) is 22.4. The second kappa shape index (κ2) is 10.2. The Labute approximate surface area is 186 Å². The lowest BCUT2D eigenvalue weighted by Crippen LogP contribution is -2.20. The van der Waals surface area contributed by atoms with Crippen molar-refractivity contribution < 1.29 is 8.60 Å². The van der Waals surface area contributed by atoms with Crippen molar-refractivity contribution in [1.82, 2.24) is 4.57 Å². The molecule has 4 rings (SSSR count). The minimum Gasteiger partial charge on any atom is -0.316 e. The Morgan fingerprint density at radius 2 is 1.65 bits per heavy atom. The molecule has 0 fully saturated rings. The highest BCUT2D eigenvalue weighted by atomic mass is 32.2. The summed E-state index contributed by atoms with van der Waals surface area (Å²) in [4.78, 5) is 0.684. The minimum absolute atomic E-state index is 0.313. The van der Waals surface area contributed by atoms with E-state index in [4.69, 9.17) is 0 Å². The van der Waals surface area contributed by atoms with Crippen LogP contribution in [0.25, 0.3) is 16.6 Å². The average molecular weight is 435 g/mol. The molecule has 0 radical (unpaired) electrons. The van der Waals surface area contributed by atoms with E-state index in [1.54, 1.807) is 23.5 Å². The van der Waals surface area contributed by atoms with E-state index in [1.807, 2.05) is 56.3 Å². The maximum atomic E-state index is 13.1. The van der Waals surface area contributed by atoms with Crippen molar-refractivity contribution in [1.29, 1.82) is 0 Å². The molecule has 0 aliphatic carbocycles. The van der Waals surface area contributed by atoms with E-state index >= 15 is 0 Å². The van der Waals surface area contributed by atoms with Gasteiger partial charge in [0.2, 0.25) is 0 Å². The van der Waals surface area contributed by atoms with E-state index in [0.29, 0.717) is 10.6 Å². The summed E-state index contributed by atoms with van der Waals surface area (Å²) < 4.78 is 29.8. The van der Waals surface area contributed by atoms with Crippen LogP contribution in [0, 0.1) is 5.82 Å². The van der Waals surface area contributed by atoms with Crippen molar-refractivity contribution in [2.24, 2.45) is 0 Å². The molecule has 3 nitrogen and oxygen atoms in total. The summed E-state index contributed by atoms with van der Waals surface area (Å²) in [5, 5.41) is 1.20. The molecule has 31 heavy (non-hydrogen) atoms. The Hall–Kier alpha value is -3.18. The molecule has 0 saturated carbocycles. The number of anilines is 1. The molecule has 1 heterocycles. The Balaban J connectivity index is 0.00000132. The van der Waals surface area contributed by atoms with Crippen molar-refractivity contribution in [2.75, 3.05) is 11.4 Å². The molecule has 0 bridgehead atoms. The Kier molecular flexibility index (Phi) is 7.42. The van der Waals surface area contributed by atoms with Crippen LogP contribution in [0.5, 0.6) is 0 Å². The van der Waals surface area contributed by atoms with Crippen LogP contribution in [0.4, 0.5) is 10.1 Å². The quantitative estimate of drug-likeness (QED) is 0.311. The molecule has 0 saturated heterocycles. The number of halogens is 1. The monoisotopic (exact) mass is 434 g/mol. The van der Waals surface area contributed by atoms with Gasteiger partial charge in [-0.2, -0.15) is 0 Å². The number of fused-ring (bicyclic) bond motifs is 1. The number of hydrogen-bond acceptors (Lipinski definition) is 1. The van der Waals surface area contributed by atoms with Gasteiger partial charge in [-0.1, -0.05) is 38.1 Å². The molecule has 3 aromatic carbocycles. The normalized spacial score (nSPS) is 11.5. The molecule has 5 heteroatoms. The summed E-state index contributed by atoms with van der Waals surface area (Å²) in [7, 11) is 0.347. The maximum Gasteiger partial charge on any atom is 0.152 e. The van der Waals surface area contributed by atoms with E-state index in [-0.39, 0.29) is 5.82 Å². The first kappa shape index (κ1) is 22.5. The molecular weight excluding hydrogens is 407 g/mol. The van der Waals surface area contributed by atoms with Crippen molar-refractivity contribution in [3.05, 3.63) is 103 Å². The fourth-order valence-electron chi connectivity index (χ4n) is 3.41. The van der Waals surface area contributed by atoms with Crippen LogP contribution in [-0.2, 0) is 17.4 Å². The van der Waals surface area contributed by atoms with Gasteiger partial charge in [0.25, 0.3) is 0 Å². The smallest absolute Gasteiger partial charge is 0.152 e. The van der Waals surface area contributed by atoms with Crippen molar-refractivity contribution in [2.45, 2.75) is 25.2 Å². The first-order chi connectivity index (χ1) is 15.1. The summed E-state index contributed by atoms with van der Waals surface area (Å²) in [6, 6.07) is 21.9. The SMILES string of the molecule is C=CCc1cn(-c2ccc(S(=O)N(C)c3ccc(F)cc3)cc2)c2ccccc12.CC. The zero-order valence-electron chi connectivity index (χ0n) is 18.1. The van der Waals surface area contributed by atoms with Crippen LogP contribution in [0.2, 0.25) is 0 Å². The molecule has 160 valence electrons. The number of nitrogens with zero attached hydrogens (tertiary/aromatic N) is 2. The van der Waals surface area contributed by atoms with Crippen molar-refractivity contribution in [3.8, 4) is 5.69 Å². The fourth-order valence-corrected chi connectivity index (χ4v) is 4.41. The fraction of sp³-hybridized carbons (Fsp3) is 0.154. The lowest BCUT2D eigenvalue weighted by Gasteiger charge is -2.18. The van der Waals surface area contributed by atoms with Gasteiger partial charge >= 0.3 is 0 Å². The van der Waals surface area contributed by atoms with Crippen molar-refractivity contribution >= 4 is 27.6 Å². The second-order valence-corrected chi connectivity index (χ2v) is 8.27. The third-order valence-corrected chi connectivity index (χ3v) is 6.30. The Morgan fingerprint density at radius 1 is 1.00 bits per heavy atom. The molecule has 0 spiro atoms. The predicted molar refractivity (Wildman–Crippen MR) is 130 cm³/mol. The molecule has 1 unspecified atom stereocenters. The number of allylic oxidation sites excluding steroid dienone is 1. The number of para-hydroxylation sites is 1. The molecule has 4 aromatic rings. The standard InChI is InChI=1S/C24H21FN2OS.C2H6/c1-3-6-18-17-27(24-8-5-4-7-23(18)24)21-13-15-22(16-14-21)29(28)26(2)20-11-9-19(25)10-12-20;1-2/h3-5,7-17H,1,6H2,2H3;1-2H3. The second-order valence-electron chi connectivity index (χ2n) is 6.75. The Morgan fingerprint density at radius 3 is 2.29 bits per heavy atom. The zero-order valence-corrected chi connectivity index (χ0v) is 18.9. The minimum atomic E-state index is -1.39. The highest BCUT2D eigenvalue weighted by Gasteiger charge is 2.13. The molecular formula is C26H27FN2OS. The van der Waals surface area contributed by atoms with Gasteiger partial charge in [0, 0.05) is 30.0 Å². The summed E-state index contributed by atoms with van der Waals surface area (Å²) in [5.41, 5.74) is 4.04. The van der Waals surface area contributed by atoms with Crippen LogP contribution in [-0.4, -0.2) is 15.8 Å². The summed E-state index contributed by atoms with van der Waals surface area (Å²) in [6.07, 6.45) is 4.84.